The second-order valence-electron chi connectivity index (χ2n) is 8.97. The average molecular weight is 445 g/mol. The number of hydrogen-bond acceptors (Lipinski definition) is 4. The molecule has 1 aliphatic rings. The summed E-state index contributed by atoms with van der Waals surface area (Å²) < 4.78 is 11.1. The van der Waals surface area contributed by atoms with Crippen LogP contribution in [0, 0.1) is 5.92 Å². The van der Waals surface area contributed by atoms with Gasteiger partial charge in [0.2, 0.25) is 0 Å². The second-order valence-corrected chi connectivity index (χ2v) is 8.97. The zero-order chi connectivity index (χ0) is 23.2. The number of aryl methyl sites for hydroxylation is 1. The molecule has 172 valence electrons. The van der Waals surface area contributed by atoms with Crippen molar-refractivity contribution in [2.45, 2.75) is 25.9 Å². The number of nitrogens with one attached hydrogen (secondary N) is 1. The van der Waals surface area contributed by atoms with Crippen LogP contribution in [0.25, 0.3) is 0 Å². The number of ether oxygens (including phenoxy) is 2. The van der Waals surface area contributed by atoms with Crippen LogP contribution in [-0.2, 0) is 19.4 Å². The molecule has 5 nitrogen and oxygen atoms in total. The molecule has 0 aliphatic heterocycles. The maximum Gasteiger partial charge on any atom is 0.255 e. The monoisotopic (exact) mass is 444 g/mol. The van der Waals surface area contributed by atoms with Crippen LogP contribution in [0.3, 0.4) is 0 Å². The highest BCUT2D eigenvalue weighted by Gasteiger charge is 2.19. The van der Waals surface area contributed by atoms with Crippen molar-refractivity contribution in [1.29, 1.82) is 0 Å². The van der Waals surface area contributed by atoms with Gasteiger partial charge in [-0.3, -0.25) is 4.79 Å². The first-order chi connectivity index (χ1) is 16.0. The molecule has 0 bridgehead atoms. The smallest absolute Gasteiger partial charge is 0.255 e. The van der Waals surface area contributed by atoms with Crippen molar-refractivity contribution in [2.24, 2.45) is 5.92 Å². The summed E-state index contributed by atoms with van der Waals surface area (Å²) >= 11 is 0. The summed E-state index contributed by atoms with van der Waals surface area (Å²) in [7, 11) is 5.91. The Bertz CT molecular complexity index is 1090. The minimum Gasteiger partial charge on any atom is -0.497 e. The van der Waals surface area contributed by atoms with Crippen LogP contribution in [0.4, 0.5) is 5.69 Å². The molecule has 3 aromatic rings. The van der Waals surface area contributed by atoms with Gasteiger partial charge in [-0.2, -0.15) is 0 Å². The molecule has 4 rings (SSSR count). The lowest BCUT2D eigenvalue weighted by Crippen LogP contribution is -2.26. The number of nitrogens with zero attached hydrogens (tertiary/aromatic N) is 1. The number of hydrogen-bond donors (Lipinski definition) is 1. The van der Waals surface area contributed by atoms with E-state index in [1.54, 1.807) is 19.2 Å². The third-order valence-corrected chi connectivity index (χ3v) is 6.07. The lowest BCUT2D eigenvalue weighted by atomic mass is 9.83. The Kier molecular flexibility index (Phi) is 7.30. The molecule has 1 aliphatic carbocycles. The zero-order valence-electron chi connectivity index (χ0n) is 19.6. The van der Waals surface area contributed by atoms with Crippen molar-refractivity contribution >= 4 is 11.6 Å². The SMILES string of the molecule is COc1cccc(COc2ccc(C(=O)Nc3ccc4c(c3)CCC(CN(C)C)C4)cc2)c1. The van der Waals surface area contributed by atoms with Gasteiger partial charge < -0.3 is 19.7 Å². The number of carbonyl (C=O) groups excluding carboxylic acids is 1. The molecule has 0 aromatic heterocycles. The molecule has 1 amide bonds. The number of fused-ring (bicyclic) bond motifs is 1. The van der Waals surface area contributed by atoms with E-state index in [1.165, 1.54) is 17.5 Å². The van der Waals surface area contributed by atoms with Gasteiger partial charge in [0.1, 0.15) is 18.1 Å². The molecule has 1 unspecified atom stereocenters. The zero-order valence-corrected chi connectivity index (χ0v) is 19.6. The molecule has 0 spiro atoms. The molecule has 0 radical (unpaired) electrons. The van der Waals surface area contributed by atoms with Crippen molar-refractivity contribution in [1.82, 2.24) is 4.90 Å². The van der Waals surface area contributed by atoms with Crippen molar-refractivity contribution in [3.63, 3.8) is 0 Å². The summed E-state index contributed by atoms with van der Waals surface area (Å²) in [4.78, 5) is 15.0. The second kappa shape index (κ2) is 10.5. The molecule has 0 saturated heterocycles. The normalized spacial score (nSPS) is 15.1. The van der Waals surface area contributed by atoms with Crippen molar-refractivity contribution in [2.75, 3.05) is 33.1 Å². The summed E-state index contributed by atoms with van der Waals surface area (Å²) in [6, 6.07) is 21.3. The molecule has 33 heavy (non-hydrogen) atoms. The van der Waals surface area contributed by atoms with Gasteiger partial charge in [0, 0.05) is 17.8 Å². The van der Waals surface area contributed by atoms with E-state index in [0.717, 1.165) is 42.1 Å². The minimum atomic E-state index is -0.115. The van der Waals surface area contributed by atoms with Crippen LogP contribution < -0.4 is 14.8 Å². The largest absolute Gasteiger partial charge is 0.497 e. The number of benzene rings is 3. The van der Waals surface area contributed by atoms with E-state index >= 15 is 0 Å². The minimum absolute atomic E-state index is 0.115. The highest BCUT2D eigenvalue weighted by Crippen LogP contribution is 2.28. The molecule has 1 atom stereocenters. The summed E-state index contributed by atoms with van der Waals surface area (Å²) in [5.74, 6) is 2.11. The van der Waals surface area contributed by atoms with Gasteiger partial charge in [-0.25, -0.2) is 0 Å². The third kappa shape index (κ3) is 6.14. The fourth-order valence-corrected chi connectivity index (χ4v) is 4.42. The Balaban J connectivity index is 1.33. The molecule has 1 N–H and O–H groups in total. The van der Waals surface area contributed by atoms with E-state index in [0.29, 0.717) is 18.1 Å². The number of methoxy groups -OCH3 is 1. The predicted octanol–water partition coefficient (Wildman–Crippen LogP) is 5.19. The quantitative estimate of drug-likeness (QED) is 0.519. The Morgan fingerprint density at radius 1 is 1.00 bits per heavy atom. The van der Waals surface area contributed by atoms with Gasteiger partial charge in [-0.15, -0.1) is 0 Å². The first-order valence-corrected chi connectivity index (χ1v) is 11.4. The molecule has 0 saturated carbocycles. The maximum atomic E-state index is 12.7. The highest BCUT2D eigenvalue weighted by atomic mass is 16.5. The van der Waals surface area contributed by atoms with Gasteiger partial charge in [0.15, 0.2) is 0 Å². The Morgan fingerprint density at radius 2 is 1.82 bits per heavy atom. The van der Waals surface area contributed by atoms with Crippen molar-refractivity contribution in [3.05, 3.63) is 89.0 Å². The van der Waals surface area contributed by atoms with Crippen LogP contribution in [0.2, 0.25) is 0 Å². The van der Waals surface area contributed by atoms with E-state index in [9.17, 15) is 4.79 Å². The third-order valence-electron chi connectivity index (χ3n) is 6.07. The van der Waals surface area contributed by atoms with Gasteiger partial charge in [0.25, 0.3) is 5.91 Å². The first kappa shape index (κ1) is 22.9. The lowest BCUT2D eigenvalue weighted by Gasteiger charge is -2.27. The molecule has 0 fully saturated rings. The van der Waals surface area contributed by atoms with Crippen LogP contribution in [0.1, 0.15) is 33.5 Å². The molecule has 0 heterocycles. The summed E-state index contributed by atoms with van der Waals surface area (Å²) in [6.07, 6.45) is 3.37. The van der Waals surface area contributed by atoms with E-state index in [4.69, 9.17) is 9.47 Å². The van der Waals surface area contributed by atoms with Crippen LogP contribution in [-0.4, -0.2) is 38.6 Å². The van der Waals surface area contributed by atoms with Crippen LogP contribution in [0.15, 0.2) is 66.7 Å². The van der Waals surface area contributed by atoms with Crippen LogP contribution in [0.5, 0.6) is 11.5 Å². The average Bonchev–Trinajstić information content (AvgIpc) is 2.83. The number of rotatable bonds is 8. The Labute approximate surface area is 196 Å². The van der Waals surface area contributed by atoms with E-state index in [-0.39, 0.29) is 5.91 Å². The van der Waals surface area contributed by atoms with Gasteiger partial charge in [0.05, 0.1) is 7.11 Å². The van der Waals surface area contributed by atoms with Gasteiger partial charge in [-0.1, -0.05) is 18.2 Å². The lowest BCUT2D eigenvalue weighted by molar-refractivity contribution is 0.102. The fourth-order valence-electron chi connectivity index (χ4n) is 4.42. The topological polar surface area (TPSA) is 50.8 Å². The van der Waals surface area contributed by atoms with Crippen LogP contribution >= 0.6 is 0 Å². The molecule has 3 aromatic carbocycles. The van der Waals surface area contributed by atoms with Gasteiger partial charge in [-0.05, 0) is 104 Å². The summed E-state index contributed by atoms with van der Waals surface area (Å²) in [5, 5.41) is 3.04. The Hall–Kier alpha value is -3.31. The molecular weight excluding hydrogens is 412 g/mol. The Morgan fingerprint density at radius 3 is 2.58 bits per heavy atom. The number of carbonyl (C=O) groups is 1. The van der Waals surface area contributed by atoms with E-state index in [2.05, 4.69) is 36.4 Å². The summed E-state index contributed by atoms with van der Waals surface area (Å²) in [6.45, 7) is 1.56. The summed E-state index contributed by atoms with van der Waals surface area (Å²) in [5.41, 5.74) is 5.24. The van der Waals surface area contributed by atoms with Crippen molar-refractivity contribution in [3.8, 4) is 11.5 Å². The predicted molar refractivity (Wildman–Crippen MR) is 132 cm³/mol. The number of anilines is 1. The van der Waals surface area contributed by atoms with E-state index in [1.807, 2.05) is 42.5 Å². The molecular formula is C28H32N2O3. The highest BCUT2D eigenvalue weighted by molar-refractivity contribution is 6.04. The molecule has 5 heteroatoms. The standard InChI is InChI=1S/C28H32N2O3/c1-30(2)18-20-7-8-24-17-25(12-9-23(24)15-20)29-28(31)22-10-13-26(14-11-22)33-19-21-5-4-6-27(16-21)32-3/h4-6,9-14,16-17,20H,7-8,15,18-19H2,1-3H3,(H,29,31). The fraction of sp³-hybridized carbons (Fsp3) is 0.321. The first-order valence-electron chi connectivity index (χ1n) is 11.4. The maximum absolute atomic E-state index is 12.7. The van der Waals surface area contributed by atoms with Crippen molar-refractivity contribution < 1.29 is 14.3 Å². The van der Waals surface area contributed by atoms with E-state index < -0.39 is 0 Å². The number of amides is 1. The van der Waals surface area contributed by atoms with Gasteiger partial charge >= 0.3 is 0 Å².